The van der Waals surface area contributed by atoms with Crippen LogP contribution in [0.3, 0.4) is 0 Å². The van der Waals surface area contributed by atoms with Crippen LogP contribution in [0, 0.1) is 15.9 Å². The molecule has 1 fully saturated rings. The molecule has 5 nitrogen and oxygen atoms in total. The Balaban J connectivity index is 2.11. The van der Waals surface area contributed by atoms with E-state index in [2.05, 4.69) is 0 Å². The van der Waals surface area contributed by atoms with Crippen LogP contribution in [-0.4, -0.2) is 17.1 Å². The molecule has 6 heteroatoms. The third-order valence-corrected chi connectivity index (χ3v) is 3.41. The molecule has 1 aliphatic rings. The van der Waals surface area contributed by atoms with E-state index in [-0.39, 0.29) is 23.6 Å². The largest absolute Gasteiger partial charge is 0.486 e. The van der Waals surface area contributed by atoms with Crippen molar-refractivity contribution in [1.29, 1.82) is 0 Å². The molecular formula is C13H17FN2O3. The second-order valence-corrected chi connectivity index (χ2v) is 4.83. The summed E-state index contributed by atoms with van der Waals surface area (Å²) in [6, 6.07) is 3.29. The molecule has 104 valence electrons. The van der Waals surface area contributed by atoms with Crippen LogP contribution in [0.4, 0.5) is 10.1 Å². The standard InChI is InChI=1S/C13H17FN2O3/c14-10-8-9(16(17)18)6-7-12(10)19-13-5-3-1-2-4-11(13)15/h6-8,11,13H,1-5,15H2. The fourth-order valence-electron chi connectivity index (χ4n) is 2.31. The fraction of sp³-hybridized carbons (Fsp3) is 0.538. The summed E-state index contributed by atoms with van der Waals surface area (Å²) in [5, 5.41) is 10.5. The second-order valence-electron chi connectivity index (χ2n) is 4.83. The van der Waals surface area contributed by atoms with Gasteiger partial charge in [0, 0.05) is 12.1 Å². The number of rotatable bonds is 3. The molecule has 1 saturated carbocycles. The van der Waals surface area contributed by atoms with Gasteiger partial charge in [0.25, 0.3) is 5.69 Å². The van der Waals surface area contributed by atoms with Crippen LogP contribution in [0.5, 0.6) is 5.75 Å². The highest BCUT2D eigenvalue weighted by atomic mass is 19.1. The molecular weight excluding hydrogens is 251 g/mol. The van der Waals surface area contributed by atoms with Crippen LogP contribution in [0.2, 0.25) is 0 Å². The first-order valence-corrected chi connectivity index (χ1v) is 6.44. The molecule has 2 rings (SSSR count). The smallest absolute Gasteiger partial charge is 0.272 e. The van der Waals surface area contributed by atoms with Crippen LogP contribution in [0.15, 0.2) is 18.2 Å². The van der Waals surface area contributed by atoms with Crippen LogP contribution in [-0.2, 0) is 0 Å². The summed E-state index contributed by atoms with van der Waals surface area (Å²) in [5.74, 6) is -0.682. The van der Waals surface area contributed by atoms with Gasteiger partial charge in [0.05, 0.1) is 11.0 Å². The van der Waals surface area contributed by atoms with Crippen molar-refractivity contribution in [3.63, 3.8) is 0 Å². The summed E-state index contributed by atoms with van der Waals surface area (Å²) in [6.45, 7) is 0. The highest BCUT2D eigenvalue weighted by Gasteiger charge is 2.23. The van der Waals surface area contributed by atoms with E-state index in [1.807, 2.05) is 0 Å². The molecule has 2 N–H and O–H groups in total. The molecule has 1 aromatic rings. The quantitative estimate of drug-likeness (QED) is 0.519. The Morgan fingerprint density at radius 3 is 2.74 bits per heavy atom. The van der Waals surface area contributed by atoms with Gasteiger partial charge in [-0.15, -0.1) is 0 Å². The van der Waals surface area contributed by atoms with Crippen molar-refractivity contribution < 1.29 is 14.1 Å². The minimum atomic E-state index is -0.717. The lowest BCUT2D eigenvalue weighted by atomic mass is 10.1. The first-order chi connectivity index (χ1) is 9.08. The van der Waals surface area contributed by atoms with Gasteiger partial charge in [0.2, 0.25) is 0 Å². The highest BCUT2D eigenvalue weighted by molar-refractivity contribution is 5.37. The van der Waals surface area contributed by atoms with Crippen molar-refractivity contribution in [3.05, 3.63) is 34.1 Å². The van der Waals surface area contributed by atoms with Gasteiger partial charge in [-0.25, -0.2) is 4.39 Å². The zero-order valence-electron chi connectivity index (χ0n) is 10.5. The molecule has 0 heterocycles. The third kappa shape index (κ3) is 3.41. The molecule has 1 aromatic carbocycles. The number of nitro benzene ring substituents is 1. The summed E-state index contributed by atoms with van der Waals surface area (Å²) in [6.07, 6.45) is 4.60. The zero-order valence-corrected chi connectivity index (χ0v) is 10.5. The molecule has 0 radical (unpaired) electrons. The van der Waals surface area contributed by atoms with Gasteiger partial charge in [0.15, 0.2) is 11.6 Å². The Kier molecular flexibility index (Phi) is 4.31. The molecule has 0 saturated heterocycles. The van der Waals surface area contributed by atoms with Gasteiger partial charge in [-0.1, -0.05) is 12.8 Å². The number of nitrogens with two attached hydrogens (primary N) is 1. The summed E-state index contributed by atoms with van der Waals surface area (Å²) in [5.41, 5.74) is 5.72. The molecule has 0 aromatic heterocycles. The van der Waals surface area contributed by atoms with Crippen molar-refractivity contribution in [2.24, 2.45) is 5.73 Å². The predicted molar refractivity (Wildman–Crippen MR) is 68.5 cm³/mol. The van der Waals surface area contributed by atoms with E-state index in [0.29, 0.717) is 0 Å². The Morgan fingerprint density at radius 2 is 2.05 bits per heavy atom. The maximum Gasteiger partial charge on any atom is 0.272 e. The first kappa shape index (κ1) is 13.7. The lowest BCUT2D eigenvalue weighted by Gasteiger charge is -2.23. The van der Waals surface area contributed by atoms with E-state index in [4.69, 9.17) is 10.5 Å². The predicted octanol–water partition coefficient (Wildman–Crippen LogP) is 2.77. The average molecular weight is 268 g/mol. The van der Waals surface area contributed by atoms with Gasteiger partial charge in [-0.3, -0.25) is 10.1 Å². The first-order valence-electron chi connectivity index (χ1n) is 6.44. The van der Waals surface area contributed by atoms with Crippen molar-refractivity contribution in [3.8, 4) is 5.75 Å². The van der Waals surface area contributed by atoms with Crippen LogP contribution in [0.25, 0.3) is 0 Å². The number of benzene rings is 1. The molecule has 2 unspecified atom stereocenters. The average Bonchev–Trinajstić information content (AvgIpc) is 2.57. The van der Waals surface area contributed by atoms with Crippen molar-refractivity contribution in [2.75, 3.05) is 0 Å². The fourth-order valence-corrected chi connectivity index (χ4v) is 2.31. The second kappa shape index (κ2) is 5.97. The van der Waals surface area contributed by atoms with E-state index in [0.717, 1.165) is 38.2 Å². The Hall–Kier alpha value is -1.69. The van der Waals surface area contributed by atoms with Crippen molar-refractivity contribution >= 4 is 5.69 Å². The number of nitro groups is 1. The Morgan fingerprint density at radius 1 is 1.32 bits per heavy atom. The SMILES string of the molecule is NC1CCCCCC1Oc1ccc([N+](=O)[O-])cc1F. The molecule has 0 spiro atoms. The number of nitrogens with zero attached hydrogens (tertiary/aromatic N) is 1. The minimum absolute atomic E-state index is 0.0351. The van der Waals surface area contributed by atoms with Crippen LogP contribution in [0.1, 0.15) is 32.1 Å². The van der Waals surface area contributed by atoms with E-state index in [1.165, 1.54) is 12.1 Å². The van der Waals surface area contributed by atoms with E-state index < -0.39 is 10.7 Å². The van der Waals surface area contributed by atoms with E-state index in [1.54, 1.807) is 0 Å². The monoisotopic (exact) mass is 268 g/mol. The van der Waals surface area contributed by atoms with Gasteiger partial charge >= 0.3 is 0 Å². The summed E-state index contributed by atoms with van der Waals surface area (Å²) < 4.78 is 19.3. The number of halogens is 1. The summed E-state index contributed by atoms with van der Waals surface area (Å²) in [7, 11) is 0. The van der Waals surface area contributed by atoms with Crippen LogP contribution >= 0.6 is 0 Å². The van der Waals surface area contributed by atoms with Gasteiger partial charge in [0.1, 0.15) is 6.10 Å². The Labute approximate surface area is 110 Å². The number of hydrogen-bond acceptors (Lipinski definition) is 4. The topological polar surface area (TPSA) is 78.4 Å². The molecule has 19 heavy (non-hydrogen) atoms. The highest BCUT2D eigenvalue weighted by Crippen LogP contribution is 2.27. The van der Waals surface area contributed by atoms with Gasteiger partial charge < -0.3 is 10.5 Å². The van der Waals surface area contributed by atoms with E-state index >= 15 is 0 Å². The maximum atomic E-state index is 13.7. The molecule has 0 aliphatic heterocycles. The molecule has 0 amide bonds. The molecule has 2 atom stereocenters. The minimum Gasteiger partial charge on any atom is -0.486 e. The summed E-state index contributed by atoms with van der Waals surface area (Å²) in [4.78, 5) is 9.90. The van der Waals surface area contributed by atoms with Crippen molar-refractivity contribution in [1.82, 2.24) is 0 Å². The number of non-ortho nitro benzene ring substituents is 1. The maximum absolute atomic E-state index is 13.7. The zero-order chi connectivity index (χ0) is 13.8. The van der Waals surface area contributed by atoms with E-state index in [9.17, 15) is 14.5 Å². The third-order valence-electron chi connectivity index (χ3n) is 3.41. The van der Waals surface area contributed by atoms with Gasteiger partial charge in [-0.2, -0.15) is 0 Å². The lowest BCUT2D eigenvalue weighted by molar-refractivity contribution is -0.385. The molecule has 1 aliphatic carbocycles. The van der Waals surface area contributed by atoms with Gasteiger partial charge in [-0.05, 0) is 25.3 Å². The van der Waals surface area contributed by atoms with Crippen LogP contribution < -0.4 is 10.5 Å². The lowest BCUT2D eigenvalue weighted by Crippen LogP contribution is -2.38. The normalized spacial score (nSPS) is 23.7. The van der Waals surface area contributed by atoms with Crippen molar-refractivity contribution in [2.45, 2.75) is 44.2 Å². The molecule has 0 bridgehead atoms. The number of hydrogen-bond donors (Lipinski definition) is 1. The Bertz CT molecular complexity index is 467. The number of ether oxygens (including phenoxy) is 1. The summed E-state index contributed by atoms with van der Waals surface area (Å²) >= 11 is 0.